The molecule has 86 valence electrons. The van der Waals surface area contributed by atoms with Crippen molar-refractivity contribution in [1.29, 1.82) is 0 Å². The molecule has 0 aliphatic heterocycles. The molecule has 0 spiro atoms. The molecule has 0 aliphatic carbocycles. The summed E-state index contributed by atoms with van der Waals surface area (Å²) in [4.78, 5) is 0. The first-order valence-electron chi connectivity index (χ1n) is 5.30. The standard InChI is InChI=1S/C11H21N3O/c1-8(2)11(15-4)10(12)5-9-6-13-14(3)7-9/h6-8,10-11H,5,12H2,1-4H3. The number of ether oxygens (including phenoxy) is 1. The zero-order valence-electron chi connectivity index (χ0n) is 9.97. The van der Waals surface area contributed by atoms with E-state index in [1.54, 1.807) is 11.8 Å². The van der Waals surface area contributed by atoms with Gasteiger partial charge in [0.25, 0.3) is 0 Å². The fourth-order valence-corrected chi connectivity index (χ4v) is 1.91. The van der Waals surface area contributed by atoms with E-state index in [0.717, 1.165) is 12.0 Å². The third kappa shape index (κ3) is 3.32. The molecular weight excluding hydrogens is 190 g/mol. The molecule has 2 atom stereocenters. The van der Waals surface area contributed by atoms with Crippen LogP contribution in [0, 0.1) is 5.92 Å². The van der Waals surface area contributed by atoms with Crippen LogP contribution in [0.1, 0.15) is 19.4 Å². The van der Waals surface area contributed by atoms with Gasteiger partial charge in [0.05, 0.1) is 12.3 Å². The number of hydrogen-bond donors (Lipinski definition) is 1. The lowest BCUT2D eigenvalue weighted by molar-refractivity contribution is 0.0441. The summed E-state index contributed by atoms with van der Waals surface area (Å²) in [6.07, 6.45) is 4.76. The number of hydrogen-bond acceptors (Lipinski definition) is 3. The average molecular weight is 211 g/mol. The fourth-order valence-electron chi connectivity index (χ4n) is 1.91. The molecule has 1 heterocycles. The van der Waals surface area contributed by atoms with Crippen molar-refractivity contribution in [2.45, 2.75) is 32.4 Å². The van der Waals surface area contributed by atoms with Crippen LogP contribution >= 0.6 is 0 Å². The van der Waals surface area contributed by atoms with Gasteiger partial charge in [-0.1, -0.05) is 13.8 Å². The quantitative estimate of drug-likeness (QED) is 0.789. The summed E-state index contributed by atoms with van der Waals surface area (Å²) in [6.45, 7) is 4.24. The fraction of sp³-hybridized carbons (Fsp3) is 0.727. The lowest BCUT2D eigenvalue weighted by atomic mass is 9.96. The van der Waals surface area contributed by atoms with Gasteiger partial charge >= 0.3 is 0 Å². The van der Waals surface area contributed by atoms with Crippen LogP contribution < -0.4 is 5.73 Å². The maximum Gasteiger partial charge on any atom is 0.0748 e. The van der Waals surface area contributed by atoms with Crippen molar-refractivity contribution in [2.75, 3.05) is 7.11 Å². The van der Waals surface area contributed by atoms with E-state index in [4.69, 9.17) is 10.5 Å². The molecule has 0 bridgehead atoms. The van der Waals surface area contributed by atoms with E-state index in [1.807, 2.05) is 19.4 Å². The van der Waals surface area contributed by atoms with Crippen molar-refractivity contribution in [1.82, 2.24) is 9.78 Å². The Balaban J connectivity index is 2.57. The number of aryl methyl sites for hydroxylation is 1. The molecule has 0 saturated heterocycles. The highest BCUT2D eigenvalue weighted by atomic mass is 16.5. The predicted molar refractivity (Wildman–Crippen MR) is 60.5 cm³/mol. The molecule has 4 nitrogen and oxygen atoms in total. The van der Waals surface area contributed by atoms with E-state index in [0.29, 0.717) is 5.92 Å². The molecule has 2 N–H and O–H groups in total. The maximum atomic E-state index is 6.11. The van der Waals surface area contributed by atoms with Crippen LogP contribution in [0.5, 0.6) is 0 Å². The Morgan fingerprint density at radius 1 is 1.53 bits per heavy atom. The van der Waals surface area contributed by atoms with Crippen molar-refractivity contribution in [3.63, 3.8) is 0 Å². The summed E-state index contributed by atoms with van der Waals surface area (Å²) in [6, 6.07) is 0.0270. The number of nitrogens with zero attached hydrogens (tertiary/aromatic N) is 2. The summed E-state index contributed by atoms with van der Waals surface area (Å²) >= 11 is 0. The Kier molecular flexibility index (Phi) is 4.29. The van der Waals surface area contributed by atoms with E-state index in [2.05, 4.69) is 18.9 Å². The van der Waals surface area contributed by atoms with Crippen LogP contribution in [-0.2, 0) is 18.2 Å². The summed E-state index contributed by atoms with van der Waals surface area (Å²) in [5.74, 6) is 0.432. The van der Waals surface area contributed by atoms with Gasteiger partial charge in [0.15, 0.2) is 0 Å². The third-order valence-electron chi connectivity index (χ3n) is 2.58. The second kappa shape index (κ2) is 5.28. The Hall–Kier alpha value is -0.870. The second-order valence-corrected chi connectivity index (χ2v) is 4.33. The Morgan fingerprint density at radius 3 is 2.60 bits per heavy atom. The van der Waals surface area contributed by atoms with E-state index >= 15 is 0 Å². The summed E-state index contributed by atoms with van der Waals surface area (Å²) in [7, 11) is 3.62. The van der Waals surface area contributed by atoms with E-state index in [-0.39, 0.29) is 12.1 Å². The van der Waals surface area contributed by atoms with Crippen molar-refractivity contribution in [2.24, 2.45) is 18.7 Å². The van der Waals surface area contributed by atoms with Crippen LogP contribution in [0.3, 0.4) is 0 Å². The van der Waals surface area contributed by atoms with Crippen LogP contribution in [-0.4, -0.2) is 29.0 Å². The molecule has 0 amide bonds. The zero-order chi connectivity index (χ0) is 11.4. The van der Waals surface area contributed by atoms with E-state index < -0.39 is 0 Å². The minimum absolute atomic E-state index is 0.0270. The van der Waals surface area contributed by atoms with Crippen LogP contribution in [0.2, 0.25) is 0 Å². The first-order valence-corrected chi connectivity index (χ1v) is 5.30. The molecule has 0 aliphatic rings. The first-order chi connectivity index (χ1) is 7.04. The van der Waals surface area contributed by atoms with E-state index in [1.165, 1.54) is 0 Å². The normalized spacial score (nSPS) is 15.6. The Labute approximate surface area is 91.4 Å². The van der Waals surface area contributed by atoms with Crippen LogP contribution in [0.25, 0.3) is 0 Å². The summed E-state index contributed by atoms with van der Waals surface area (Å²) in [5, 5.41) is 4.12. The van der Waals surface area contributed by atoms with Crippen molar-refractivity contribution < 1.29 is 4.74 Å². The second-order valence-electron chi connectivity index (χ2n) is 4.33. The molecule has 4 heteroatoms. The van der Waals surface area contributed by atoms with Crippen LogP contribution in [0.4, 0.5) is 0 Å². The molecule has 1 rings (SSSR count). The topological polar surface area (TPSA) is 53.1 Å². The average Bonchev–Trinajstić information content (AvgIpc) is 2.51. The minimum atomic E-state index is 0.0270. The first kappa shape index (κ1) is 12.2. The van der Waals surface area contributed by atoms with Crippen molar-refractivity contribution in [3.05, 3.63) is 18.0 Å². The lowest BCUT2D eigenvalue weighted by Crippen LogP contribution is -2.41. The van der Waals surface area contributed by atoms with Gasteiger partial charge in [-0.15, -0.1) is 0 Å². The third-order valence-corrected chi connectivity index (χ3v) is 2.58. The van der Waals surface area contributed by atoms with Gasteiger partial charge in [-0.25, -0.2) is 0 Å². The number of methoxy groups -OCH3 is 1. The molecule has 0 saturated carbocycles. The molecule has 15 heavy (non-hydrogen) atoms. The highest BCUT2D eigenvalue weighted by Crippen LogP contribution is 2.12. The van der Waals surface area contributed by atoms with Gasteiger partial charge in [-0.2, -0.15) is 5.10 Å². The Bertz CT molecular complexity index is 296. The predicted octanol–water partition coefficient (Wildman–Crippen LogP) is 0.961. The van der Waals surface area contributed by atoms with Gasteiger partial charge < -0.3 is 10.5 Å². The summed E-state index contributed by atoms with van der Waals surface area (Å²) < 4.78 is 7.19. The molecule has 0 fully saturated rings. The highest BCUT2D eigenvalue weighted by molar-refractivity contribution is 5.06. The minimum Gasteiger partial charge on any atom is -0.380 e. The monoisotopic (exact) mass is 211 g/mol. The van der Waals surface area contributed by atoms with Gasteiger partial charge in [-0.3, -0.25) is 4.68 Å². The smallest absolute Gasteiger partial charge is 0.0748 e. The zero-order valence-corrected chi connectivity index (χ0v) is 9.97. The van der Waals surface area contributed by atoms with Gasteiger partial charge in [0.1, 0.15) is 0 Å². The number of nitrogens with two attached hydrogens (primary N) is 1. The largest absolute Gasteiger partial charge is 0.380 e. The summed E-state index contributed by atoms with van der Waals surface area (Å²) in [5.41, 5.74) is 7.27. The molecule has 1 aromatic heterocycles. The molecule has 2 unspecified atom stereocenters. The van der Waals surface area contributed by atoms with Crippen molar-refractivity contribution >= 4 is 0 Å². The number of rotatable bonds is 5. The molecule has 1 aromatic rings. The van der Waals surface area contributed by atoms with Gasteiger partial charge in [0.2, 0.25) is 0 Å². The van der Waals surface area contributed by atoms with E-state index in [9.17, 15) is 0 Å². The highest BCUT2D eigenvalue weighted by Gasteiger charge is 2.21. The number of aromatic nitrogens is 2. The SMILES string of the molecule is COC(C(C)C)C(N)Cc1cnn(C)c1. The molecule has 0 radical (unpaired) electrons. The van der Waals surface area contributed by atoms with Gasteiger partial charge in [0, 0.05) is 26.4 Å². The van der Waals surface area contributed by atoms with Crippen LogP contribution in [0.15, 0.2) is 12.4 Å². The molecular formula is C11H21N3O. The maximum absolute atomic E-state index is 6.11. The lowest BCUT2D eigenvalue weighted by Gasteiger charge is -2.25. The molecule has 0 aromatic carbocycles. The Morgan fingerprint density at radius 2 is 2.20 bits per heavy atom. The van der Waals surface area contributed by atoms with Gasteiger partial charge in [-0.05, 0) is 17.9 Å². The van der Waals surface area contributed by atoms with Crippen molar-refractivity contribution in [3.8, 4) is 0 Å².